The van der Waals surface area contributed by atoms with Crippen LogP contribution in [0.4, 0.5) is 0 Å². The summed E-state index contributed by atoms with van der Waals surface area (Å²) in [6.45, 7) is 3.01. The van der Waals surface area contributed by atoms with Gasteiger partial charge in [-0.1, -0.05) is 13.3 Å². The fraction of sp³-hybridized carbons (Fsp3) is 0.207. The van der Waals surface area contributed by atoms with Crippen molar-refractivity contribution in [3.8, 4) is 51.1 Å². The van der Waals surface area contributed by atoms with Crippen LogP contribution < -0.4 is 9.47 Å². The lowest BCUT2D eigenvalue weighted by atomic mass is 10.1. The number of ether oxygens (including phenoxy) is 2. The van der Waals surface area contributed by atoms with Gasteiger partial charge in [-0.2, -0.15) is 10.2 Å². The lowest BCUT2D eigenvalue weighted by Gasteiger charge is -2.10. The Balaban J connectivity index is 1.55. The van der Waals surface area contributed by atoms with Gasteiger partial charge in [0.1, 0.15) is 11.5 Å². The molecule has 0 aliphatic carbocycles. The van der Waals surface area contributed by atoms with Gasteiger partial charge < -0.3 is 14.0 Å². The SMILES string of the molecule is CCCCn1c(-c2ccc(-n3nc(-c4ccc(OC)cc4)cc3-c3ccc(OC)cc3)cc2)n[nH]c1=S. The van der Waals surface area contributed by atoms with E-state index in [-0.39, 0.29) is 0 Å². The topological polar surface area (TPSA) is 69.9 Å². The van der Waals surface area contributed by atoms with Crippen molar-refractivity contribution in [1.29, 1.82) is 0 Å². The van der Waals surface area contributed by atoms with Gasteiger partial charge in [0.25, 0.3) is 0 Å². The van der Waals surface area contributed by atoms with Gasteiger partial charge in [-0.25, -0.2) is 4.68 Å². The van der Waals surface area contributed by atoms with Crippen LogP contribution in [0.1, 0.15) is 19.8 Å². The third-order valence-corrected chi connectivity index (χ3v) is 6.66. The maximum Gasteiger partial charge on any atom is 0.195 e. The minimum Gasteiger partial charge on any atom is -0.497 e. The van der Waals surface area contributed by atoms with Crippen LogP contribution >= 0.6 is 12.2 Å². The van der Waals surface area contributed by atoms with E-state index in [1.807, 2.05) is 53.2 Å². The number of H-pyrrole nitrogens is 1. The van der Waals surface area contributed by atoms with Gasteiger partial charge in [-0.05, 0) is 97.5 Å². The number of methoxy groups -OCH3 is 2. The van der Waals surface area contributed by atoms with E-state index in [9.17, 15) is 0 Å². The van der Waals surface area contributed by atoms with Gasteiger partial charge in [0, 0.05) is 23.2 Å². The van der Waals surface area contributed by atoms with Crippen molar-refractivity contribution in [2.75, 3.05) is 14.2 Å². The Morgan fingerprint density at radius 1 is 0.811 bits per heavy atom. The Hall–Kier alpha value is -4.17. The largest absolute Gasteiger partial charge is 0.497 e. The van der Waals surface area contributed by atoms with E-state index < -0.39 is 0 Å². The van der Waals surface area contributed by atoms with Crippen molar-refractivity contribution >= 4 is 12.2 Å². The first kappa shape index (κ1) is 24.5. The maximum atomic E-state index is 5.46. The zero-order valence-corrected chi connectivity index (χ0v) is 22.0. The van der Waals surface area contributed by atoms with Crippen molar-refractivity contribution in [1.82, 2.24) is 24.5 Å². The number of hydrogen-bond donors (Lipinski definition) is 1. The Labute approximate surface area is 221 Å². The Morgan fingerprint density at radius 2 is 1.41 bits per heavy atom. The third-order valence-electron chi connectivity index (χ3n) is 6.34. The molecule has 8 heteroatoms. The molecule has 0 saturated heterocycles. The van der Waals surface area contributed by atoms with Crippen LogP contribution in [0.5, 0.6) is 11.5 Å². The predicted octanol–water partition coefficient (Wildman–Crippen LogP) is 6.94. The molecule has 0 amide bonds. The van der Waals surface area contributed by atoms with E-state index in [0.717, 1.165) is 70.5 Å². The average Bonchev–Trinajstić information content (AvgIpc) is 3.56. The first-order valence-corrected chi connectivity index (χ1v) is 12.7. The lowest BCUT2D eigenvalue weighted by molar-refractivity contribution is 0.414. The molecule has 0 saturated carbocycles. The molecule has 5 rings (SSSR count). The van der Waals surface area contributed by atoms with Crippen molar-refractivity contribution in [2.24, 2.45) is 0 Å². The highest BCUT2D eigenvalue weighted by Gasteiger charge is 2.15. The van der Waals surface area contributed by atoms with Crippen LogP contribution in [-0.2, 0) is 6.54 Å². The fourth-order valence-corrected chi connectivity index (χ4v) is 4.49. The number of rotatable bonds is 9. The van der Waals surface area contributed by atoms with E-state index in [1.54, 1.807) is 14.2 Å². The molecule has 0 radical (unpaired) electrons. The third kappa shape index (κ3) is 5.06. The second-order valence-corrected chi connectivity index (χ2v) is 9.07. The monoisotopic (exact) mass is 511 g/mol. The summed E-state index contributed by atoms with van der Waals surface area (Å²) in [6, 6.07) is 26.3. The summed E-state index contributed by atoms with van der Waals surface area (Å²) in [5.41, 5.74) is 5.85. The molecule has 0 fully saturated rings. The van der Waals surface area contributed by atoms with Crippen LogP contribution in [-0.4, -0.2) is 38.8 Å². The van der Waals surface area contributed by atoms with E-state index in [0.29, 0.717) is 4.77 Å². The average molecular weight is 512 g/mol. The van der Waals surface area contributed by atoms with E-state index in [4.69, 9.17) is 26.8 Å². The van der Waals surface area contributed by atoms with Gasteiger partial charge in [-0.3, -0.25) is 5.10 Å². The highest BCUT2D eigenvalue weighted by molar-refractivity contribution is 7.71. The first-order chi connectivity index (χ1) is 18.1. The van der Waals surface area contributed by atoms with E-state index >= 15 is 0 Å². The molecule has 2 aromatic heterocycles. The Morgan fingerprint density at radius 3 is 2.00 bits per heavy atom. The molecule has 3 aromatic carbocycles. The van der Waals surface area contributed by atoms with Crippen LogP contribution in [0.2, 0.25) is 0 Å². The highest BCUT2D eigenvalue weighted by atomic mass is 32.1. The number of hydrogen-bond acceptors (Lipinski definition) is 5. The van der Waals surface area contributed by atoms with Crippen LogP contribution in [0.3, 0.4) is 0 Å². The molecule has 0 spiro atoms. The molecule has 5 aromatic rings. The van der Waals surface area contributed by atoms with Crippen LogP contribution in [0.25, 0.3) is 39.6 Å². The molecule has 37 heavy (non-hydrogen) atoms. The van der Waals surface area contributed by atoms with Crippen molar-refractivity contribution in [3.05, 3.63) is 83.6 Å². The normalized spacial score (nSPS) is 11.0. The van der Waals surface area contributed by atoms with Gasteiger partial charge in [0.2, 0.25) is 0 Å². The molecule has 0 aliphatic heterocycles. The standard InChI is InChI=1S/C29H29N5O2S/c1-4-5-18-33-28(30-31-29(33)37)22-6-12-23(13-7-22)34-27(21-10-16-25(36-3)17-11-21)19-26(32-34)20-8-14-24(35-2)15-9-20/h6-17,19H,4-5,18H2,1-3H3,(H,31,37). The van der Waals surface area contributed by atoms with Gasteiger partial charge in [0.15, 0.2) is 10.6 Å². The van der Waals surface area contributed by atoms with E-state index in [2.05, 4.69) is 52.0 Å². The Bertz CT molecular complexity index is 1530. The van der Waals surface area contributed by atoms with Crippen molar-refractivity contribution in [2.45, 2.75) is 26.3 Å². The molecular weight excluding hydrogens is 482 g/mol. The molecule has 188 valence electrons. The van der Waals surface area contributed by atoms with Crippen LogP contribution in [0.15, 0.2) is 78.9 Å². The zero-order chi connectivity index (χ0) is 25.8. The zero-order valence-electron chi connectivity index (χ0n) is 21.1. The van der Waals surface area contributed by atoms with Gasteiger partial charge in [0.05, 0.1) is 31.3 Å². The second-order valence-electron chi connectivity index (χ2n) is 8.69. The quantitative estimate of drug-likeness (QED) is 0.217. The fourth-order valence-electron chi connectivity index (χ4n) is 4.26. The first-order valence-electron chi connectivity index (χ1n) is 12.3. The predicted molar refractivity (Wildman–Crippen MR) is 149 cm³/mol. The van der Waals surface area contributed by atoms with Gasteiger partial charge >= 0.3 is 0 Å². The minimum absolute atomic E-state index is 0.644. The van der Waals surface area contributed by atoms with Crippen molar-refractivity contribution in [3.63, 3.8) is 0 Å². The molecular formula is C29H29N5O2S. The number of benzene rings is 3. The van der Waals surface area contributed by atoms with Crippen molar-refractivity contribution < 1.29 is 9.47 Å². The van der Waals surface area contributed by atoms with Crippen LogP contribution in [0, 0.1) is 4.77 Å². The molecule has 1 N–H and O–H groups in total. The Kier molecular flexibility index (Phi) is 7.18. The second kappa shape index (κ2) is 10.8. The molecule has 7 nitrogen and oxygen atoms in total. The summed E-state index contributed by atoms with van der Waals surface area (Å²) in [6.07, 6.45) is 2.14. The van der Waals surface area contributed by atoms with E-state index in [1.165, 1.54) is 0 Å². The summed E-state index contributed by atoms with van der Waals surface area (Å²) < 4.78 is 15.4. The number of aromatic amines is 1. The molecule has 0 unspecified atom stereocenters. The minimum atomic E-state index is 0.644. The summed E-state index contributed by atoms with van der Waals surface area (Å²) >= 11 is 5.46. The molecule has 2 heterocycles. The molecule has 0 aliphatic rings. The molecule has 0 bridgehead atoms. The summed E-state index contributed by atoms with van der Waals surface area (Å²) in [5.74, 6) is 2.47. The highest BCUT2D eigenvalue weighted by Crippen LogP contribution is 2.31. The number of nitrogens with zero attached hydrogens (tertiary/aromatic N) is 4. The van der Waals surface area contributed by atoms with Gasteiger partial charge in [-0.15, -0.1) is 0 Å². The summed E-state index contributed by atoms with van der Waals surface area (Å²) in [7, 11) is 3.34. The smallest absolute Gasteiger partial charge is 0.195 e. The number of nitrogens with one attached hydrogen (secondary N) is 1. The summed E-state index contributed by atoms with van der Waals surface area (Å²) in [4.78, 5) is 0. The number of unbranched alkanes of at least 4 members (excludes halogenated alkanes) is 1. The maximum absolute atomic E-state index is 5.46. The molecule has 0 atom stereocenters. The lowest BCUT2D eigenvalue weighted by Crippen LogP contribution is -2.02. The number of aromatic nitrogens is 5. The summed E-state index contributed by atoms with van der Waals surface area (Å²) in [5, 5.41) is 12.4.